The lowest BCUT2D eigenvalue weighted by Gasteiger charge is -2.44. The molecule has 8 nitrogen and oxygen atoms in total. The molecule has 4 atom stereocenters. The summed E-state index contributed by atoms with van der Waals surface area (Å²) in [6.07, 6.45) is 1.30. The highest BCUT2D eigenvalue weighted by Gasteiger charge is 2.52. The predicted octanol–water partition coefficient (Wildman–Crippen LogP) is 1.20. The number of hydrogen-bond acceptors (Lipinski definition) is 7. The minimum Gasteiger partial charge on any atom is -0.368 e. The quantitative estimate of drug-likeness (QED) is 0.362. The number of rotatable bonds is 12. The summed E-state index contributed by atoms with van der Waals surface area (Å²) in [5, 5.41) is 6.13. The van der Waals surface area contributed by atoms with Crippen molar-refractivity contribution in [2.45, 2.75) is 69.9 Å². The number of nitrogens with zero attached hydrogens (tertiary/aromatic N) is 3. The molecule has 0 aromatic carbocycles. The second-order valence-electron chi connectivity index (χ2n) is 10.0. The van der Waals surface area contributed by atoms with E-state index in [2.05, 4.69) is 37.7 Å². The number of hydrogen-bond donors (Lipinski definition) is 0. The van der Waals surface area contributed by atoms with Crippen LogP contribution in [0.25, 0.3) is 0 Å². The number of hydrazine groups is 2. The fourth-order valence-corrected chi connectivity index (χ4v) is 3.59. The standard InChI is InChI=1S/C20H35N3O5/c1-6-7-16(24)23(21(8-17(2)12-25-17)9-18(3)13-26-18)22(10-19(4)14-27-19)11-20(5)15-28-20/h6-15H2,1-5H3. The molecule has 0 saturated carbocycles. The maximum absolute atomic E-state index is 13.3. The summed E-state index contributed by atoms with van der Waals surface area (Å²) in [4.78, 5) is 13.3. The van der Waals surface area contributed by atoms with Gasteiger partial charge in [-0.2, -0.15) is 10.0 Å². The summed E-state index contributed by atoms with van der Waals surface area (Å²) in [7, 11) is 0. The van der Waals surface area contributed by atoms with Gasteiger partial charge in [0.1, 0.15) is 22.4 Å². The number of carbonyl (C=O) groups excluding carboxylic acids is 1. The molecule has 4 unspecified atom stereocenters. The van der Waals surface area contributed by atoms with Crippen LogP contribution in [0.1, 0.15) is 47.5 Å². The van der Waals surface area contributed by atoms with Crippen LogP contribution in [0.2, 0.25) is 0 Å². The Morgan fingerprint density at radius 1 is 0.714 bits per heavy atom. The van der Waals surface area contributed by atoms with Crippen molar-refractivity contribution < 1.29 is 23.7 Å². The third-order valence-corrected chi connectivity index (χ3v) is 5.84. The Balaban J connectivity index is 1.60. The van der Waals surface area contributed by atoms with Gasteiger partial charge in [0.15, 0.2) is 0 Å². The Morgan fingerprint density at radius 3 is 1.21 bits per heavy atom. The average molecular weight is 398 g/mol. The monoisotopic (exact) mass is 397 g/mol. The first kappa shape index (κ1) is 20.5. The highest BCUT2D eigenvalue weighted by atomic mass is 16.6. The van der Waals surface area contributed by atoms with Crippen molar-refractivity contribution in [1.82, 2.24) is 15.1 Å². The molecule has 1 amide bonds. The van der Waals surface area contributed by atoms with E-state index in [1.807, 2.05) is 12.0 Å². The summed E-state index contributed by atoms with van der Waals surface area (Å²) in [5.41, 5.74) is -0.827. The number of ether oxygens (including phenoxy) is 4. The van der Waals surface area contributed by atoms with Crippen LogP contribution in [0.5, 0.6) is 0 Å². The normalized spacial score (nSPS) is 40.7. The van der Waals surface area contributed by atoms with E-state index in [0.717, 1.165) is 32.8 Å². The highest BCUT2D eigenvalue weighted by Crippen LogP contribution is 2.36. The minimum absolute atomic E-state index is 0.101. The first-order chi connectivity index (χ1) is 13.1. The third-order valence-electron chi connectivity index (χ3n) is 5.84. The maximum atomic E-state index is 13.3. The zero-order chi connectivity index (χ0) is 20.2. The van der Waals surface area contributed by atoms with E-state index >= 15 is 0 Å². The van der Waals surface area contributed by atoms with Gasteiger partial charge in [-0.05, 0) is 34.1 Å². The highest BCUT2D eigenvalue weighted by molar-refractivity contribution is 5.75. The van der Waals surface area contributed by atoms with Gasteiger partial charge in [-0.3, -0.25) is 4.79 Å². The fourth-order valence-electron chi connectivity index (χ4n) is 3.59. The van der Waals surface area contributed by atoms with Crippen LogP contribution in [-0.2, 0) is 23.7 Å². The largest absolute Gasteiger partial charge is 0.368 e. The average Bonchev–Trinajstić information content (AvgIpc) is 3.40. The van der Waals surface area contributed by atoms with Gasteiger partial charge in [0, 0.05) is 6.42 Å². The van der Waals surface area contributed by atoms with Gasteiger partial charge in [0.2, 0.25) is 0 Å². The molecule has 0 aromatic rings. The Hall–Kier alpha value is -0.770. The lowest BCUT2D eigenvalue weighted by Crippen LogP contribution is -2.62. The van der Waals surface area contributed by atoms with Crippen molar-refractivity contribution in [1.29, 1.82) is 0 Å². The van der Waals surface area contributed by atoms with Gasteiger partial charge in [0.05, 0.1) is 52.6 Å². The second-order valence-corrected chi connectivity index (χ2v) is 10.0. The summed E-state index contributed by atoms with van der Waals surface area (Å²) in [5.74, 6) is 0.101. The third kappa shape index (κ3) is 5.04. The van der Waals surface area contributed by atoms with Gasteiger partial charge in [-0.1, -0.05) is 6.92 Å². The van der Waals surface area contributed by atoms with Crippen LogP contribution in [0, 0.1) is 0 Å². The van der Waals surface area contributed by atoms with Crippen LogP contribution in [0.3, 0.4) is 0 Å². The van der Waals surface area contributed by atoms with Crippen LogP contribution in [0.4, 0.5) is 0 Å². The molecule has 0 aromatic heterocycles. The van der Waals surface area contributed by atoms with Gasteiger partial charge in [-0.25, -0.2) is 5.12 Å². The van der Waals surface area contributed by atoms with Crippen molar-refractivity contribution in [3.8, 4) is 0 Å². The SMILES string of the molecule is CCCC(=O)N(N(CC1(C)CO1)CC1(C)CO1)N(CC1(C)CO1)CC1(C)CO1. The second kappa shape index (κ2) is 6.89. The van der Waals surface area contributed by atoms with Crippen molar-refractivity contribution >= 4 is 5.91 Å². The molecule has 4 saturated heterocycles. The van der Waals surface area contributed by atoms with Crippen LogP contribution < -0.4 is 0 Å². The molecule has 0 N–H and O–H groups in total. The van der Waals surface area contributed by atoms with Gasteiger partial charge in [-0.15, -0.1) is 0 Å². The zero-order valence-electron chi connectivity index (χ0n) is 18.0. The fraction of sp³-hybridized carbons (Fsp3) is 0.950. The molecule has 4 fully saturated rings. The maximum Gasteiger partial charge on any atom is 0.251 e. The summed E-state index contributed by atoms with van der Waals surface area (Å²) in [6, 6.07) is 0. The van der Waals surface area contributed by atoms with Crippen LogP contribution >= 0.6 is 0 Å². The van der Waals surface area contributed by atoms with E-state index in [0.29, 0.717) is 32.6 Å². The minimum atomic E-state index is -0.207. The molecule has 0 aliphatic carbocycles. The van der Waals surface area contributed by atoms with E-state index in [9.17, 15) is 4.79 Å². The van der Waals surface area contributed by atoms with E-state index in [1.54, 1.807) is 0 Å². The number of epoxide rings is 4. The molecule has 4 heterocycles. The molecular weight excluding hydrogens is 362 g/mol. The molecule has 0 radical (unpaired) electrons. The van der Waals surface area contributed by atoms with Crippen molar-refractivity contribution in [3.63, 3.8) is 0 Å². The molecular formula is C20H35N3O5. The van der Waals surface area contributed by atoms with Gasteiger partial charge in [0.25, 0.3) is 5.91 Å². The molecule has 28 heavy (non-hydrogen) atoms. The van der Waals surface area contributed by atoms with E-state index in [4.69, 9.17) is 18.9 Å². The molecule has 160 valence electrons. The number of carbonyl (C=O) groups is 1. The topological polar surface area (TPSA) is 76.9 Å². The Kier molecular flexibility index (Phi) is 5.04. The zero-order valence-corrected chi connectivity index (χ0v) is 18.0. The molecule has 4 rings (SSSR count). The van der Waals surface area contributed by atoms with Crippen LogP contribution in [0.15, 0.2) is 0 Å². The van der Waals surface area contributed by atoms with E-state index in [-0.39, 0.29) is 28.3 Å². The summed E-state index contributed by atoms with van der Waals surface area (Å²) in [6.45, 7) is 15.9. The number of amides is 1. The molecule has 4 aliphatic rings. The van der Waals surface area contributed by atoms with Crippen LogP contribution in [-0.4, -0.2) is 96.1 Å². The lowest BCUT2D eigenvalue weighted by molar-refractivity contribution is -0.211. The molecule has 4 aliphatic heterocycles. The molecule has 0 spiro atoms. The van der Waals surface area contributed by atoms with Crippen molar-refractivity contribution in [2.24, 2.45) is 0 Å². The summed E-state index contributed by atoms with van der Waals surface area (Å²) >= 11 is 0. The summed E-state index contributed by atoms with van der Waals surface area (Å²) < 4.78 is 22.7. The molecule has 0 bridgehead atoms. The Labute approximate surface area is 167 Å². The van der Waals surface area contributed by atoms with E-state index in [1.165, 1.54) is 0 Å². The Bertz CT molecular complexity index is 527. The van der Waals surface area contributed by atoms with Crippen molar-refractivity contribution in [2.75, 3.05) is 52.6 Å². The molecule has 8 heteroatoms. The Morgan fingerprint density at radius 2 is 1.00 bits per heavy atom. The van der Waals surface area contributed by atoms with Gasteiger partial charge >= 0.3 is 0 Å². The smallest absolute Gasteiger partial charge is 0.251 e. The van der Waals surface area contributed by atoms with E-state index < -0.39 is 0 Å². The lowest BCUT2D eigenvalue weighted by atomic mass is 10.1. The first-order valence-electron chi connectivity index (χ1n) is 10.5. The first-order valence-corrected chi connectivity index (χ1v) is 10.5. The van der Waals surface area contributed by atoms with Gasteiger partial charge < -0.3 is 18.9 Å². The van der Waals surface area contributed by atoms with Crippen molar-refractivity contribution in [3.05, 3.63) is 0 Å². The predicted molar refractivity (Wildman–Crippen MR) is 102 cm³/mol.